The van der Waals surface area contributed by atoms with Crippen LogP contribution >= 0.6 is 11.3 Å². The number of amides is 1. The third-order valence-corrected chi connectivity index (χ3v) is 6.02. The second-order valence-electron chi connectivity index (χ2n) is 7.58. The van der Waals surface area contributed by atoms with Gasteiger partial charge in [-0.1, -0.05) is 13.0 Å². The molecule has 1 atom stereocenters. The van der Waals surface area contributed by atoms with Crippen molar-refractivity contribution in [3.8, 4) is 5.75 Å². The number of carboxylic acid groups (broad SMARTS) is 1. The number of thiophene rings is 1. The molecule has 2 heterocycles. The van der Waals surface area contributed by atoms with E-state index in [9.17, 15) is 19.5 Å². The summed E-state index contributed by atoms with van der Waals surface area (Å²) in [5.74, 6) is -0.964. The van der Waals surface area contributed by atoms with E-state index < -0.39 is 23.3 Å². The van der Waals surface area contributed by atoms with Gasteiger partial charge in [0.25, 0.3) is 0 Å². The fraction of sp³-hybridized carbons (Fsp3) is 0.375. The van der Waals surface area contributed by atoms with Crippen molar-refractivity contribution >= 4 is 29.3 Å². The first-order valence-corrected chi connectivity index (χ1v) is 11.4. The van der Waals surface area contributed by atoms with Gasteiger partial charge in [-0.05, 0) is 56.4 Å². The summed E-state index contributed by atoms with van der Waals surface area (Å²) >= 11 is 1.56. The molecule has 0 saturated heterocycles. The predicted octanol–water partition coefficient (Wildman–Crippen LogP) is 4.94. The number of ketones is 1. The number of nitrogens with one attached hydrogen (secondary N) is 1. The van der Waals surface area contributed by atoms with E-state index in [1.807, 2.05) is 19.1 Å². The molecular weight excluding hydrogens is 446 g/mol. The maximum atomic E-state index is 12.8. The summed E-state index contributed by atoms with van der Waals surface area (Å²) in [4.78, 5) is 37.8. The number of allylic oxidation sites excluding steroid dienone is 2. The lowest BCUT2D eigenvalue weighted by Gasteiger charge is -2.11. The van der Waals surface area contributed by atoms with E-state index in [2.05, 4.69) is 5.32 Å². The van der Waals surface area contributed by atoms with Crippen LogP contribution in [-0.2, 0) is 11.2 Å². The first kappa shape index (κ1) is 26.1. The van der Waals surface area contributed by atoms with Crippen LogP contribution in [0, 0.1) is 0 Å². The maximum absolute atomic E-state index is 12.8. The van der Waals surface area contributed by atoms with Crippen LogP contribution in [0.5, 0.6) is 5.75 Å². The number of carbonyl (C=O) groups excluding carboxylic acids is 1. The van der Waals surface area contributed by atoms with Gasteiger partial charge < -0.3 is 19.4 Å². The Hall–Kier alpha value is -3.17. The van der Waals surface area contributed by atoms with Crippen LogP contribution in [0.4, 0.5) is 4.79 Å². The topological polar surface area (TPSA) is 126 Å². The molecule has 0 fully saturated rings. The van der Waals surface area contributed by atoms with Gasteiger partial charge in [0.1, 0.15) is 17.1 Å². The Bertz CT molecular complexity index is 1080. The molecule has 0 aliphatic heterocycles. The SMILES string of the molecule is COCCCc1ccc(C=C(C)C(=O)c2c(O)cc(C(C)CCC=CNC(=O)O)oc2=O)s1. The van der Waals surface area contributed by atoms with Gasteiger partial charge in [-0.2, -0.15) is 0 Å². The van der Waals surface area contributed by atoms with Gasteiger partial charge in [0, 0.05) is 41.7 Å². The summed E-state index contributed by atoms with van der Waals surface area (Å²) in [5.41, 5.74) is -0.953. The molecule has 0 aliphatic rings. The first-order chi connectivity index (χ1) is 15.7. The molecule has 2 aromatic heterocycles. The second kappa shape index (κ2) is 12.8. The summed E-state index contributed by atoms with van der Waals surface area (Å²) in [5, 5.41) is 21.0. The van der Waals surface area contributed by atoms with Crippen molar-refractivity contribution in [3.63, 3.8) is 0 Å². The number of aryl methyl sites for hydroxylation is 1. The molecule has 2 rings (SSSR count). The maximum Gasteiger partial charge on any atom is 0.408 e. The van der Waals surface area contributed by atoms with Gasteiger partial charge in [-0.25, -0.2) is 9.59 Å². The highest BCUT2D eigenvalue weighted by Gasteiger charge is 2.22. The molecule has 0 bridgehead atoms. The minimum absolute atomic E-state index is 0.221. The van der Waals surface area contributed by atoms with Crippen molar-refractivity contribution in [1.82, 2.24) is 5.32 Å². The fourth-order valence-electron chi connectivity index (χ4n) is 3.13. The third kappa shape index (κ3) is 8.03. The predicted molar refractivity (Wildman–Crippen MR) is 127 cm³/mol. The van der Waals surface area contributed by atoms with Crippen LogP contribution in [0.15, 0.2) is 45.3 Å². The number of rotatable bonds is 12. The summed E-state index contributed by atoms with van der Waals surface area (Å²) in [6, 6.07) is 5.21. The summed E-state index contributed by atoms with van der Waals surface area (Å²) < 4.78 is 10.4. The molecule has 8 nitrogen and oxygen atoms in total. The third-order valence-electron chi connectivity index (χ3n) is 4.92. The molecule has 0 aromatic carbocycles. The quantitative estimate of drug-likeness (QED) is 0.225. The van der Waals surface area contributed by atoms with Gasteiger partial charge in [0.05, 0.1) is 0 Å². The number of ether oxygens (including phenoxy) is 1. The van der Waals surface area contributed by atoms with Gasteiger partial charge in [0.15, 0.2) is 5.78 Å². The average Bonchev–Trinajstić information content (AvgIpc) is 3.19. The lowest BCUT2D eigenvalue weighted by molar-refractivity contribution is 0.102. The number of aromatic hydroxyl groups is 1. The molecule has 0 aliphatic carbocycles. The number of hydrogen-bond acceptors (Lipinski definition) is 7. The Kier molecular flexibility index (Phi) is 10.1. The minimum Gasteiger partial charge on any atom is -0.507 e. The Morgan fingerprint density at radius 3 is 2.76 bits per heavy atom. The highest BCUT2D eigenvalue weighted by atomic mass is 32.1. The zero-order valence-electron chi connectivity index (χ0n) is 18.9. The van der Waals surface area contributed by atoms with Crippen LogP contribution in [-0.4, -0.2) is 35.8 Å². The van der Waals surface area contributed by atoms with E-state index in [0.717, 1.165) is 17.7 Å². The molecule has 33 heavy (non-hydrogen) atoms. The van der Waals surface area contributed by atoms with Gasteiger partial charge in [0.2, 0.25) is 0 Å². The minimum atomic E-state index is -1.15. The van der Waals surface area contributed by atoms with E-state index in [0.29, 0.717) is 25.0 Å². The van der Waals surface area contributed by atoms with Gasteiger partial charge in [-0.3, -0.25) is 10.1 Å². The average molecular weight is 476 g/mol. The van der Waals surface area contributed by atoms with E-state index >= 15 is 0 Å². The van der Waals surface area contributed by atoms with Crippen molar-refractivity contribution in [1.29, 1.82) is 0 Å². The van der Waals surface area contributed by atoms with E-state index in [1.165, 1.54) is 17.1 Å². The molecule has 178 valence electrons. The Morgan fingerprint density at radius 1 is 1.33 bits per heavy atom. The lowest BCUT2D eigenvalue weighted by Crippen LogP contribution is -2.16. The van der Waals surface area contributed by atoms with Crippen LogP contribution in [0.3, 0.4) is 0 Å². The summed E-state index contributed by atoms with van der Waals surface area (Å²) in [6.45, 7) is 4.09. The van der Waals surface area contributed by atoms with Crippen LogP contribution in [0.25, 0.3) is 6.08 Å². The van der Waals surface area contributed by atoms with E-state index in [-0.39, 0.29) is 17.2 Å². The van der Waals surface area contributed by atoms with Crippen molar-refractivity contribution in [2.75, 3.05) is 13.7 Å². The molecule has 3 N–H and O–H groups in total. The molecule has 0 radical (unpaired) electrons. The van der Waals surface area contributed by atoms with Gasteiger partial charge in [-0.15, -0.1) is 11.3 Å². The van der Waals surface area contributed by atoms with Crippen molar-refractivity contribution in [2.45, 2.75) is 45.4 Å². The first-order valence-electron chi connectivity index (χ1n) is 10.5. The van der Waals surface area contributed by atoms with Crippen molar-refractivity contribution < 1.29 is 29.0 Å². The lowest BCUT2D eigenvalue weighted by atomic mass is 10.00. The zero-order chi connectivity index (χ0) is 24.4. The number of carbonyl (C=O) groups is 2. The van der Waals surface area contributed by atoms with Crippen LogP contribution in [0.2, 0.25) is 0 Å². The van der Waals surface area contributed by atoms with Crippen LogP contribution < -0.4 is 10.9 Å². The molecular formula is C24H29NO7S. The second-order valence-corrected chi connectivity index (χ2v) is 8.78. The largest absolute Gasteiger partial charge is 0.507 e. The molecule has 1 unspecified atom stereocenters. The summed E-state index contributed by atoms with van der Waals surface area (Å²) in [6.07, 6.45) is 6.38. The van der Waals surface area contributed by atoms with Crippen LogP contribution in [0.1, 0.15) is 64.9 Å². The smallest absolute Gasteiger partial charge is 0.408 e. The molecule has 9 heteroatoms. The molecule has 0 spiro atoms. The number of methoxy groups -OCH3 is 1. The summed E-state index contributed by atoms with van der Waals surface area (Å²) in [7, 11) is 1.66. The highest BCUT2D eigenvalue weighted by molar-refractivity contribution is 7.12. The number of Topliss-reactive ketones (excluding diaryl/α,β-unsaturated/α-hetero) is 1. The van der Waals surface area contributed by atoms with E-state index in [4.69, 9.17) is 14.3 Å². The van der Waals surface area contributed by atoms with E-state index in [1.54, 1.807) is 37.5 Å². The Balaban J connectivity index is 2.09. The fourth-order valence-corrected chi connectivity index (χ4v) is 4.18. The van der Waals surface area contributed by atoms with Gasteiger partial charge >= 0.3 is 11.7 Å². The standard InChI is InChI=1S/C24H29NO7S/c1-15(7-4-5-11-25-24(29)30)20-14-19(26)21(23(28)32-20)22(27)16(2)13-18-10-9-17(33-18)8-6-12-31-3/h5,9-11,13-15,25-26H,4,6-8,12H2,1-3H3,(H,29,30). The molecule has 2 aromatic rings. The number of hydrogen-bond donors (Lipinski definition) is 3. The van der Waals surface area contributed by atoms with Crippen molar-refractivity contribution in [3.05, 3.63) is 67.5 Å². The normalized spacial score (nSPS) is 12.8. The Labute approximate surface area is 196 Å². The Morgan fingerprint density at radius 2 is 2.09 bits per heavy atom. The monoisotopic (exact) mass is 475 g/mol. The van der Waals surface area contributed by atoms with Crippen molar-refractivity contribution in [2.24, 2.45) is 0 Å². The molecule has 0 saturated carbocycles. The highest BCUT2D eigenvalue weighted by Crippen LogP contribution is 2.27. The zero-order valence-corrected chi connectivity index (χ0v) is 19.7. The molecule has 1 amide bonds.